The molecule has 0 saturated heterocycles. The van der Waals surface area contributed by atoms with E-state index in [2.05, 4.69) is 5.32 Å². The molecule has 1 heterocycles. The Morgan fingerprint density at radius 3 is 2.45 bits per heavy atom. The number of methoxy groups -OCH3 is 1. The number of amides is 1. The lowest BCUT2D eigenvalue weighted by Crippen LogP contribution is -2.41. The minimum atomic E-state index is -0.170. The van der Waals surface area contributed by atoms with Crippen LogP contribution in [0.2, 0.25) is 10.0 Å². The Morgan fingerprint density at radius 2 is 1.81 bits per heavy atom. The highest BCUT2D eigenvalue weighted by molar-refractivity contribution is 6.41. The number of nitrogens with one attached hydrogen (secondary N) is 1. The van der Waals surface area contributed by atoms with Gasteiger partial charge in [-0.25, -0.2) is 0 Å². The largest absolute Gasteiger partial charge is 0.497 e. The lowest BCUT2D eigenvalue weighted by molar-refractivity contribution is -0.115. The van der Waals surface area contributed by atoms with E-state index in [4.69, 9.17) is 33.0 Å². The molecule has 1 aliphatic carbocycles. The first-order valence-electron chi connectivity index (χ1n) is 10.8. The van der Waals surface area contributed by atoms with Gasteiger partial charge in [-0.05, 0) is 48.7 Å². The third-order valence-corrected chi connectivity index (χ3v) is 6.71. The standard InChI is InChI=1S/C24H27Cl2N3O2/c1-15-22(24(30)27-18-6-4-3-5-7-18)28-29(21-13-10-17(25)14-20(21)26)23(15)16-8-11-19(31-2)12-9-16/h8-15,18,23H,3-7H2,1-2H3,(H,27,30)/t15-,23+/m0/s1. The van der Waals surface area contributed by atoms with E-state index in [0.29, 0.717) is 15.8 Å². The van der Waals surface area contributed by atoms with Crippen LogP contribution in [0.1, 0.15) is 50.6 Å². The zero-order chi connectivity index (χ0) is 22.0. The van der Waals surface area contributed by atoms with Crippen molar-refractivity contribution >= 4 is 40.5 Å². The number of benzene rings is 2. The normalized spacial score (nSPS) is 21.7. The maximum atomic E-state index is 13.2. The van der Waals surface area contributed by atoms with Crippen LogP contribution >= 0.6 is 23.2 Å². The van der Waals surface area contributed by atoms with Crippen molar-refractivity contribution in [1.82, 2.24) is 5.32 Å². The molecular weight excluding hydrogens is 433 g/mol. The Labute approximate surface area is 193 Å². The van der Waals surface area contributed by atoms with Crippen molar-refractivity contribution < 1.29 is 9.53 Å². The number of carbonyl (C=O) groups is 1. The van der Waals surface area contributed by atoms with Gasteiger partial charge in [-0.3, -0.25) is 9.80 Å². The van der Waals surface area contributed by atoms with Gasteiger partial charge in [0, 0.05) is 17.0 Å². The molecule has 1 fully saturated rings. The van der Waals surface area contributed by atoms with Crippen molar-refractivity contribution in [3.8, 4) is 5.75 Å². The van der Waals surface area contributed by atoms with E-state index in [1.165, 1.54) is 6.42 Å². The lowest BCUT2D eigenvalue weighted by Gasteiger charge is -2.28. The van der Waals surface area contributed by atoms with E-state index in [1.807, 2.05) is 42.3 Å². The molecule has 2 atom stereocenters. The summed E-state index contributed by atoms with van der Waals surface area (Å²) in [4.78, 5) is 13.2. The SMILES string of the molecule is COc1ccc([C@H]2[C@@H](C)C(C(=O)NC3CCCCC3)=NN2c2ccc(Cl)cc2Cl)cc1. The maximum Gasteiger partial charge on any atom is 0.268 e. The van der Waals surface area contributed by atoms with Gasteiger partial charge in [0.25, 0.3) is 5.91 Å². The third kappa shape index (κ3) is 4.68. The van der Waals surface area contributed by atoms with Gasteiger partial charge in [-0.1, -0.05) is 61.5 Å². The minimum absolute atomic E-state index is 0.0921. The Hall–Kier alpha value is -2.24. The van der Waals surface area contributed by atoms with Crippen LogP contribution in [0, 0.1) is 5.92 Å². The van der Waals surface area contributed by atoms with Crippen molar-refractivity contribution in [2.75, 3.05) is 12.1 Å². The van der Waals surface area contributed by atoms with Crippen molar-refractivity contribution in [1.29, 1.82) is 0 Å². The quantitative estimate of drug-likeness (QED) is 0.595. The monoisotopic (exact) mass is 459 g/mol. The fourth-order valence-corrected chi connectivity index (χ4v) is 4.99. The fraction of sp³-hybridized carbons (Fsp3) is 0.417. The zero-order valence-corrected chi connectivity index (χ0v) is 19.3. The Morgan fingerprint density at radius 1 is 1.10 bits per heavy atom. The molecule has 2 aromatic rings. The molecule has 0 spiro atoms. The van der Waals surface area contributed by atoms with E-state index in [-0.39, 0.29) is 23.9 Å². The molecule has 31 heavy (non-hydrogen) atoms. The van der Waals surface area contributed by atoms with Crippen LogP contribution in [0.25, 0.3) is 0 Å². The number of ether oxygens (including phenoxy) is 1. The molecule has 0 aromatic heterocycles. The van der Waals surface area contributed by atoms with E-state index < -0.39 is 0 Å². The van der Waals surface area contributed by atoms with E-state index in [9.17, 15) is 4.79 Å². The summed E-state index contributed by atoms with van der Waals surface area (Å²) in [6.45, 7) is 2.04. The average molecular weight is 460 g/mol. The molecule has 0 bridgehead atoms. The number of nitrogens with zero attached hydrogens (tertiary/aromatic N) is 2. The first-order chi connectivity index (χ1) is 15.0. The van der Waals surface area contributed by atoms with Gasteiger partial charge in [0.05, 0.1) is 23.9 Å². The molecule has 0 radical (unpaired) electrons. The highest BCUT2D eigenvalue weighted by Crippen LogP contribution is 2.42. The molecule has 0 unspecified atom stereocenters. The summed E-state index contributed by atoms with van der Waals surface area (Å²) in [6, 6.07) is 13.2. The van der Waals surface area contributed by atoms with Crippen LogP contribution in [0.3, 0.4) is 0 Å². The molecule has 1 saturated carbocycles. The van der Waals surface area contributed by atoms with Crippen molar-refractivity contribution in [3.63, 3.8) is 0 Å². The highest BCUT2D eigenvalue weighted by atomic mass is 35.5. The van der Waals surface area contributed by atoms with E-state index in [1.54, 1.807) is 19.2 Å². The topological polar surface area (TPSA) is 53.9 Å². The number of carbonyl (C=O) groups excluding carboxylic acids is 1. The molecule has 7 heteroatoms. The molecular formula is C24H27Cl2N3O2. The molecule has 4 rings (SSSR count). The maximum absolute atomic E-state index is 13.2. The molecule has 2 aliphatic rings. The summed E-state index contributed by atoms with van der Waals surface area (Å²) < 4.78 is 5.30. The summed E-state index contributed by atoms with van der Waals surface area (Å²) in [6.07, 6.45) is 5.62. The Bertz CT molecular complexity index is 971. The van der Waals surface area contributed by atoms with Crippen LogP contribution in [0.4, 0.5) is 5.69 Å². The predicted molar refractivity (Wildman–Crippen MR) is 126 cm³/mol. The number of anilines is 1. The van der Waals surface area contributed by atoms with Gasteiger partial charge in [0.1, 0.15) is 11.5 Å². The van der Waals surface area contributed by atoms with E-state index in [0.717, 1.165) is 42.7 Å². The molecule has 2 aromatic carbocycles. The van der Waals surface area contributed by atoms with Gasteiger partial charge < -0.3 is 10.1 Å². The number of halogens is 2. The van der Waals surface area contributed by atoms with Crippen molar-refractivity contribution in [2.45, 2.75) is 51.1 Å². The third-order valence-electron chi connectivity index (χ3n) is 6.17. The fourth-order valence-electron chi connectivity index (χ4n) is 4.49. The molecule has 1 N–H and O–H groups in total. The van der Waals surface area contributed by atoms with Crippen molar-refractivity contribution in [3.05, 3.63) is 58.1 Å². The zero-order valence-electron chi connectivity index (χ0n) is 17.8. The summed E-state index contributed by atoms with van der Waals surface area (Å²) in [5.74, 6) is 0.566. The molecule has 1 amide bonds. The van der Waals surface area contributed by atoms with Gasteiger partial charge in [-0.2, -0.15) is 5.10 Å². The van der Waals surface area contributed by atoms with Crippen LogP contribution in [-0.4, -0.2) is 24.8 Å². The summed E-state index contributed by atoms with van der Waals surface area (Å²) in [5, 5.41) is 10.9. The Kier molecular flexibility index (Phi) is 6.73. The second kappa shape index (κ2) is 9.49. The molecule has 5 nitrogen and oxygen atoms in total. The summed E-state index contributed by atoms with van der Waals surface area (Å²) >= 11 is 12.6. The lowest BCUT2D eigenvalue weighted by atomic mass is 9.90. The van der Waals surface area contributed by atoms with Gasteiger partial charge in [0.2, 0.25) is 0 Å². The number of hydrogen-bond donors (Lipinski definition) is 1. The highest BCUT2D eigenvalue weighted by Gasteiger charge is 2.40. The predicted octanol–water partition coefficient (Wildman–Crippen LogP) is 6.00. The van der Waals surface area contributed by atoms with Gasteiger partial charge >= 0.3 is 0 Å². The summed E-state index contributed by atoms with van der Waals surface area (Å²) in [7, 11) is 1.64. The second-order valence-corrected chi connectivity index (χ2v) is 9.08. The average Bonchev–Trinajstić information content (AvgIpc) is 3.11. The first kappa shape index (κ1) is 22.0. The van der Waals surface area contributed by atoms with Crippen LogP contribution in [0.5, 0.6) is 5.75 Å². The first-order valence-corrected chi connectivity index (χ1v) is 11.5. The van der Waals surface area contributed by atoms with E-state index >= 15 is 0 Å². The van der Waals surface area contributed by atoms with Gasteiger partial charge in [-0.15, -0.1) is 0 Å². The molecule has 164 valence electrons. The molecule has 1 aliphatic heterocycles. The number of rotatable bonds is 5. The number of hydrogen-bond acceptors (Lipinski definition) is 4. The van der Waals surface area contributed by atoms with Crippen LogP contribution < -0.4 is 15.1 Å². The van der Waals surface area contributed by atoms with Crippen LogP contribution in [-0.2, 0) is 4.79 Å². The van der Waals surface area contributed by atoms with Crippen LogP contribution in [0.15, 0.2) is 47.6 Å². The van der Waals surface area contributed by atoms with Crippen molar-refractivity contribution in [2.24, 2.45) is 11.0 Å². The second-order valence-electron chi connectivity index (χ2n) is 8.24. The Balaban J connectivity index is 1.67. The van der Waals surface area contributed by atoms with Gasteiger partial charge in [0.15, 0.2) is 0 Å². The number of hydrazone groups is 1. The smallest absolute Gasteiger partial charge is 0.268 e. The minimum Gasteiger partial charge on any atom is -0.497 e. The summed E-state index contributed by atoms with van der Waals surface area (Å²) in [5.41, 5.74) is 2.28.